The first-order chi connectivity index (χ1) is 13.9. The van der Waals surface area contributed by atoms with E-state index in [4.69, 9.17) is 16.3 Å². The standard InChI is InChI=1S/C22H23ClN2O4/c1-3-15-8-10-17(11-9-15)25-13-16(12-20(25)26)22(28)29-14(2)21(27)24-19-7-5-4-6-18(19)23/h4-11,14,16H,3,12-13H2,1-2H3,(H,24,27)/t14-,16+/m1/s1. The molecule has 1 N–H and O–H groups in total. The van der Waals surface area contributed by atoms with Crippen LogP contribution in [0.1, 0.15) is 25.8 Å². The normalized spacial score (nSPS) is 17.1. The number of carbonyl (C=O) groups is 3. The fraction of sp³-hybridized carbons (Fsp3) is 0.318. The van der Waals surface area contributed by atoms with E-state index in [1.807, 2.05) is 24.3 Å². The van der Waals surface area contributed by atoms with Crippen molar-refractivity contribution in [2.24, 2.45) is 5.92 Å². The molecule has 1 aliphatic rings. The van der Waals surface area contributed by atoms with Gasteiger partial charge in [-0.1, -0.05) is 42.8 Å². The zero-order valence-electron chi connectivity index (χ0n) is 16.4. The molecule has 2 aromatic carbocycles. The first-order valence-corrected chi connectivity index (χ1v) is 9.92. The average Bonchev–Trinajstić information content (AvgIpc) is 3.11. The number of carbonyl (C=O) groups excluding carboxylic acids is 3. The zero-order chi connectivity index (χ0) is 21.0. The maximum absolute atomic E-state index is 12.5. The number of aryl methyl sites for hydroxylation is 1. The molecule has 2 atom stereocenters. The smallest absolute Gasteiger partial charge is 0.312 e. The van der Waals surface area contributed by atoms with Gasteiger partial charge in [-0.2, -0.15) is 0 Å². The number of rotatable bonds is 6. The largest absolute Gasteiger partial charge is 0.452 e. The molecule has 0 saturated carbocycles. The molecule has 0 radical (unpaired) electrons. The van der Waals surface area contributed by atoms with Gasteiger partial charge in [0.05, 0.1) is 16.6 Å². The molecule has 0 aromatic heterocycles. The van der Waals surface area contributed by atoms with Crippen molar-refractivity contribution in [2.45, 2.75) is 32.8 Å². The number of ether oxygens (including phenoxy) is 1. The van der Waals surface area contributed by atoms with Crippen LogP contribution in [0.4, 0.5) is 11.4 Å². The minimum Gasteiger partial charge on any atom is -0.452 e. The molecule has 0 unspecified atom stereocenters. The number of amides is 2. The highest BCUT2D eigenvalue weighted by Gasteiger charge is 2.37. The molecular formula is C22H23ClN2O4. The molecule has 152 valence electrons. The molecule has 1 fully saturated rings. The topological polar surface area (TPSA) is 75.7 Å². The van der Waals surface area contributed by atoms with Crippen LogP contribution < -0.4 is 10.2 Å². The number of anilines is 2. The van der Waals surface area contributed by atoms with Gasteiger partial charge < -0.3 is 15.0 Å². The van der Waals surface area contributed by atoms with Crippen LogP contribution in [0, 0.1) is 5.92 Å². The van der Waals surface area contributed by atoms with Crippen molar-refractivity contribution < 1.29 is 19.1 Å². The molecule has 3 rings (SSSR count). The van der Waals surface area contributed by atoms with E-state index in [1.54, 1.807) is 29.2 Å². The SMILES string of the molecule is CCc1ccc(N2C[C@@H](C(=O)O[C@H](C)C(=O)Nc3ccccc3Cl)CC2=O)cc1. The fourth-order valence-corrected chi connectivity index (χ4v) is 3.33. The number of nitrogens with one attached hydrogen (secondary N) is 1. The van der Waals surface area contributed by atoms with Crippen molar-refractivity contribution >= 4 is 40.8 Å². The van der Waals surface area contributed by atoms with Crippen molar-refractivity contribution in [3.63, 3.8) is 0 Å². The molecule has 1 aliphatic heterocycles. The quantitative estimate of drug-likeness (QED) is 0.729. The number of hydrogen-bond donors (Lipinski definition) is 1. The van der Waals surface area contributed by atoms with Crippen LogP contribution in [-0.2, 0) is 25.5 Å². The number of benzene rings is 2. The molecule has 0 aliphatic carbocycles. The van der Waals surface area contributed by atoms with Crippen LogP contribution in [0.5, 0.6) is 0 Å². The average molecular weight is 415 g/mol. The second kappa shape index (κ2) is 9.09. The lowest BCUT2D eigenvalue weighted by molar-refractivity contribution is -0.157. The Morgan fingerprint density at radius 2 is 1.90 bits per heavy atom. The molecule has 6 nitrogen and oxygen atoms in total. The first-order valence-electron chi connectivity index (χ1n) is 9.54. The van der Waals surface area contributed by atoms with Crippen molar-refractivity contribution in [3.05, 3.63) is 59.1 Å². The van der Waals surface area contributed by atoms with Gasteiger partial charge in [0.25, 0.3) is 5.91 Å². The van der Waals surface area contributed by atoms with Crippen molar-refractivity contribution in [2.75, 3.05) is 16.8 Å². The van der Waals surface area contributed by atoms with Crippen LogP contribution >= 0.6 is 11.6 Å². The van der Waals surface area contributed by atoms with E-state index < -0.39 is 23.9 Å². The molecule has 0 spiro atoms. The summed E-state index contributed by atoms with van der Waals surface area (Å²) in [6, 6.07) is 14.5. The summed E-state index contributed by atoms with van der Waals surface area (Å²) in [5.41, 5.74) is 2.38. The minimum absolute atomic E-state index is 0.0627. The van der Waals surface area contributed by atoms with Gasteiger partial charge in [0, 0.05) is 18.7 Å². The van der Waals surface area contributed by atoms with E-state index in [-0.39, 0.29) is 18.9 Å². The van der Waals surface area contributed by atoms with Crippen molar-refractivity contribution in [3.8, 4) is 0 Å². The number of esters is 1. The number of para-hydroxylation sites is 1. The Morgan fingerprint density at radius 1 is 1.21 bits per heavy atom. The van der Waals surface area contributed by atoms with Crippen LogP contribution in [-0.4, -0.2) is 30.4 Å². The molecule has 2 aromatic rings. The minimum atomic E-state index is -1.01. The second-order valence-electron chi connectivity index (χ2n) is 6.97. The molecular weight excluding hydrogens is 392 g/mol. The summed E-state index contributed by atoms with van der Waals surface area (Å²) in [5.74, 6) is -1.79. The Balaban J connectivity index is 1.58. The van der Waals surface area contributed by atoms with E-state index in [9.17, 15) is 14.4 Å². The highest BCUT2D eigenvalue weighted by Crippen LogP contribution is 2.27. The van der Waals surface area contributed by atoms with Gasteiger partial charge in [-0.05, 0) is 43.2 Å². The van der Waals surface area contributed by atoms with E-state index >= 15 is 0 Å². The van der Waals surface area contributed by atoms with E-state index in [0.29, 0.717) is 10.7 Å². The summed E-state index contributed by atoms with van der Waals surface area (Å²) in [7, 11) is 0. The molecule has 1 saturated heterocycles. The maximum atomic E-state index is 12.5. The summed E-state index contributed by atoms with van der Waals surface area (Å²) < 4.78 is 5.30. The van der Waals surface area contributed by atoms with Crippen LogP contribution in [0.15, 0.2) is 48.5 Å². The summed E-state index contributed by atoms with van der Waals surface area (Å²) in [6.45, 7) is 3.79. The van der Waals surface area contributed by atoms with Gasteiger partial charge in [0.1, 0.15) is 0 Å². The molecule has 2 amide bonds. The highest BCUT2D eigenvalue weighted by molar-refractivity contribution is 6.33. The predicted octanol–water partition coefficient (Wildman–Crippen LogP) is 3.83. The maximum Gasteiger partial charge on any atom is 0.312 e. The fourth-order valence-electron chi connectivity index (χ4n) is 3.15. The summed E-state index contributed by atoms with van der Waals surface area (Å²) in [6.07, 6.45) is -0.0309. The number of nitrogens with zero attached hydrogens (tertiary/aromatic N) is 1. The van der Waals surface area contributed by atoms with Crippen LogP contribution in [0.3, 0.4) is 0 Å². The van der Waals surface area contributed by atoms with Crippen molar-refractivity contribution in [1.29, 1.82) is 0 Å². The Kier molecular flexibility index (Phi) is 6.54. The van der Waals surface area contributed by atoms with E-state index in [1.165, 1.54) is 12.5 Å². The Labute approximate surface area is 174 Å². The highest BCUT2D eigenvalue weighted by atomic mass is 35.5. The van der Waals surface area contributed by atoms with Gasteiger partial charge in [-0.15, -0.1) is 0 Å². The Hall–Kier alpha value is -2.86. The second-order valence-corrected chi connectivity index (χ2v) is 7.38. The lowest BCUT2D eigenvalue weighted by atomic mass is 10.1. The Bertz CT molecular complexity index is 913. The molecule has 0 bridgehead atoms. The molecule has 7 heteroatoms. The van der Waals surface area contributed by atoms with Crippen LogP contribution in [0.25, 0.3) is 0 Å². The number of hydrogen-bond acceptors (Lipinski definition) is 4. The summed E-state index contributed by atoms with van der Waals surface area (Å²) in [5, 5.41) is 3.03. The van der Waals surface area contributed by atoms with Gasteiger partial charge in [-0.25, -0.2) is 0 Å². The molecule has 29 heavy (non-hydrogen) atoms. The van der Waals surface area contributed by atoms with Gasteiger partial charge >= 0.3 is 5.97 Å². The Morgan fingerprint density at radius 3 is 2.55 bits per heavy atom. The number of halogens is 1. The predicted molar refractivity (Wildman–Crippen MR) is 112 cm³/mol. The van der Waals surface area contributed by atoms with Gasteiger partial charge in [0.15, 0.2) is 6.10 Å². The van der Waals surface area contributed by atoms with Crippen LogP contribution in [0.2, 0.25) is 5.02 Å². The van der Waals surface area contributed by atoms with Gasteiger partial charge in [0.2, 0.25) is 5.91 Å². The lowest BCUT2D eigenvalue weighted by Crippen LogP contribution is -2.33. The lowest BCUT2D eigenvalue weighted by Gasteiger charge is -2.18. The third kappa shape index (κ3) is 4.95. The summed E-state index contributed by atoms with van der Waals surface area (Å²) >= 11 is 6.03. The van der Waals surface area contributed by atoms with E-state index in [2.05, 4.69) is 12.2 Å². The molecule has 1 heterocycles. The summed E-state index contributed by atoms with van der Waals surface area (Å²) in [4.78, 5) is 38.7. The third-order valence-corrected chi connectivity index (χ3v) is 5.24. The monoisotopic (exact) mass is 414 g/mol. The van der Waals surface area contributed by atoms with Crippen molar-refractivity contribution in [1.82, 2.24) is 0 Å². The zero-order valence-corrected chi connectivity index (χ0v) is 17.1. The third-order valence-electron chi connectivity index (χ3n) is 4.91. The van der Waals surface area contributed by atoms with Gasteiger partial charge in [-0.3, -0.25) is 14.4 Å². The van der Waals surface area contributed by atoms with E-state index in [0.717, 1.165) is 12.1 Å². The first kappa shape index (κ1) is 20.9.